The third kappa shape index (κ3) is 4.22. The average Bonchev–Trinajstić information content (AvgIpc) is 2.93. The van der Waals surface area contributed by atoms with Crippen molar-refractivity contribution in [3.8, 4) is 0 Å². The van der Waals surface area contributed by atoms with Gasteiger partial charge in [-0.3, -0.25) is 0 Å². The molecule has 0 aliphatic carbocycles. The molecule has 0 N–H and O–H groups in total. The highest BCUT2D eigenvalue weighted by Crippen LogP contribution is 2.30. The van der Waals surface area contributed by atoms with Gasteiger partial charge in [-0.1, -0.05) is 59.3 Å². The fourth-order valence-electron chi connectivity index (χ4n) is 3.35. The molecule has 1 heterocycles. The van der Waals surface area contributed by atoms with Crippen LogP contribution >= 0.6 is 0 Å². The summed E-state index contributed by atoms with van der Waals surface area (Å²) >= 11 is 0. The van der Waals surface area contributed by atoms with Gasteiger partial charge in [-0.25, -0.2) is 0 Å². The molecule has 1 aromatic rings. The number of rotatable bonds is 10. The molecular weight excluding hydrogens is 217 g/mol. The SMILES string of the molecule is CCCC[B-](CCCC)(CCCC)n1cccc1. The molecule has 0 spiro atoms. The second kappa shape index (κ2) is 8.45. The topological polar surface area (TPSA) is 4.93 Å². The monoisotopic (exact) mass is 248 g/mol. The van der Waals surface area contributed by atoms with Crippen molar-refractivity contribution in [2.45, 2.75) is 78.3 Å². The molecule has 2 heteroatoms. The molecule has 0 aromatic carbocycles. The molecule has 104 valence electrons. The van der Waals surface area contributed by atoms with Gasteiger partial charge < -0.3 is 4.48 Å². The first-order valence-electron chi connectivity index (χ1n) is 8.12. The van der Waals surface area contributed by atoms with Gasteiger partial charge in [-0.2, -0.15) is 19.0 Å². The number of hydrogen-bond acceptors (Lipinski definition) is 0. The van der Waals surface area contributed by atoms with E-state index in [1.165, 1.54) is 57.5 Å². The van der Waals surface area contributed by atoms with E-state index in [0.29, 0.717) is 0 Å². The van der Waals surface area contributed by atoms with E-state index in [1.807, 2.05) is 0 Å². The Morgan fingerprint density at radius 1 is 0.722 bits per heavy atom. The van der Waals surface area contributed by atoms with Crippen LogP contribution in [0.2, 0.25) is 19.0 Å². The predicted octanol–water partition coefficient (Wildman–Crippen LogP) is 5.68. The fraction of sp³-hybridized carbons (Fsp3) is 0.750. The van der Waals surface area contributed by atoms with Gasteiger partial charge in [0.05, 0.1) is 6.28 Å². The third-order valence-corrected chi connectivity index (χ3v) is 4.55. The Balaban J connectivity index is 2.84. The van der Waals surface area contributed by atoms with Gasteiger partial charge in [0, 0.05) is 0 Å². The number of unbranched alkanes of at least 4 members (excludes halogenated alkanes) is 3. The molecule has 0 atom stereocenters. The lowest BCUT2D eigenvalue weighted by molar-refractivity contribution is 0.768. The first-order chi connectivity index (χ1) is 8.79. The molecular formula is C16H31BN-. The van der Waals surface area contributed by atoms with Gasteiger partial charge in [0.1, 0.15) is 0 Å². The average molecular weight is 248 g/mol. The Hall–Kier alpha value is -0.655. The van der Waals surface area contributed by atoms with E-state index in [9.17, 15) is 0 Å². The third-order valence-electron chi connectivity index (χ3n) is 4.55. The highest BCUT2D eigenvalue weighted by atomic mass is 14.9. The molecule has 0 radical (unpaired) electrons. The van der Waals surface area contributed by atoms with Crippen LogP contribution < -0.4 is 0 Å². The van der Waals surface area contributed by atoms with Crippen molar-refractivity contribution < 1.29 is 0 Å². The number of aromatic nitrogens is 1. The van der Waals surface area contributed by atoms with Crippen LogP contribution in [0.25, 0.3) is 0 Å². The van der Waals surface area contributed by atoms with Crippen LogP contribution in [-0.2, 0) is 0 Å². The zero-order chi connectivity index (χ0) is 13.3. The largest absolute Gasteiger partial charge is 0.530 e. The predicted molar refractivity (Wildman–Crippen MR) is 84.7 cm³/mol. The summed E-state index contributed by atoms with van der Waals surface area (Å²) in [5.74, 6) is 0. The summed E-state index contributed by atoms with van der Waals surface area (Å²) in [7, 11) is 0. The Morgan fingerprint density at radius 3 is 1.44 bits per heavy atom. The second-order valence-corrected chi connectivity index (χ2v) is 5.97. The van der Waals surface area contributed by atoms with Gasteiger partial charge in [-0.05, 0) is 24.5 Å². The van der Waals surface area contributed by atoms with E-state index in [0.717, 1.165) is 0 Å². The van der Waals surface area contributed by atoms with Crippen molar-refractivity contribution in [1.29, 1.82) is 0 Å². The molecule has 0 saturated heterocycles. The Labute approximate surface area is 114 Å². The van der Waals surface area contributed by atoms with Crippen LogP contribution in [0.4, 0.5) is 0 Å². The first kappa shape index (κ1) is 15.4. The molecule has 1 aromatic heterocycles. The minimum absolute atomic E-state index is 0.353. The van der Waals surface area contributed by atoms with Gasteiger partial charge in [0.25, 0.3) is 0 Å². The molecule has 1 nitrogen and oxygen atoms in total. The lowest BCUT2D eigenvalue weighted by atomic mass is 9.27. The van der Waals surface area contributed by atoms with Crippen molar-refractivity contribution in [3.63, 3.8) is 0 Å². The van der Waals surface area contributed by atoms with Gasteiger partial charge in [-0.15, -0.1) is 0 Å². The van der Waals surface area contributed by atoms with Crippen molar-refractivity contribution >= 4 is 6.28 Å². The second-order valence-electron chi connectivity index (χ2n) is 5.97. The smallest absolute Gasteiger partial charge is 0.0919 e. The minimum Gasteiger partial charge on any atom is -0.530 e. The van der Waals surface area contributed by atoms with E-state index < -0.39 is 0 Å². The number of hydrogen-bond donors (Lipinski definition) is 0. The summed E-state index contributed by atoms with van der Waals surface area (Å²) in [6.07, 6.45) is 16.6. The summed E-state index contributed by atoms with van der Waals surface area (Å²) in [4.78, 5) is 0. The van der Waals surface area contributed by atoms with Crippen LogP contribution in [0.15, 0.2) is 24.5 Å². The van der Waals surface area contributed by atoms with Crippen LogP contribution in [0.3, 0.4) is 0 Å². The molecule has 0 aliphatic rings. The zero-order valence-corrected chi connectivity index (χ0v) is 12.7. The van der Waals surface area contributed by atoms with Crippen molar-refractivity contribution in [2.75, 3.05) is 0 Å². The van der Waals surface area contributed by atoms with Crippen molar-refractivity contribution in [2.24, 2.45) is 0 Å². The van der Waals surface area contributed by atoms with Crippen molar-refractivity contribution in [1.82, 2.24) is 4.48 Å². The highest BCUT2D eigenvalue weighted by Gasteiger charge is 2.24. The summed E-state index contributed by atoms with van der Waals surface area (Å²) < 4.78 is 2.57. The quantitative estimate of drug-likeness (QED) is 0.469. The van der Waals surface area contributed by atoms with Crippen LogP contribution in [0.1, 0.15) is 59.3 Å². The van der Waals surface area contributed by atoms with Gasteiger partial charge in [0.15, 0.2) is 0 Å². The van der Waals surface area contributed by atoms with E-state index >= 15 is 0 Å². The molecule has 0 bridgehead atoms. The Kier molecular flexibility index (Phi) is 7.23. The lowest BCUT2D eigenvalue weighted by Crippen LogP contribution is -2.42. The van der Waals surface area contributed by atoms with Crippen molar-refractivity contribution in [3.05, 3.63) is 24.5 Å². The molecule has 0 fully saturated rings. The molecule has 0 unspecified atom stereocenters. The molecule has 18 heavy (non-hydrogen) atoms. The number of nitrogens with zero attached hydrogens (tertiary/aromatic N) is 1. The standard InChI is InChI=1S/C16H31BN/c1-4-7-12-17(13-8-5-2,14-9-6-3)18-15-10-11-16-18/h10-11,15-16H,4-9,12-14H2,1-3H3/q-1. The summed E-state index contributed by atoms with van der Waals surface area (Å²) in [5, 5.41) is 0. The zero-order valence-electron chi connectivity index (χ0n) is 12.7. The Bertz CT molecular complexity index is 270. The summed E-state index contributed by atoms with van der Waals surface area (Å²) in [6, 6.07) is 4.39. The van der Waals surface area contributed by atoms with Crippen LogP contribution in [0.5, 0.6) is 0 Å². The highest BCUT2D eigenvalue weighted by molar-refractivity contribution is 6.78. The first-order valence-corrected chi connectivity index (χ1v) is 8.12. The Morgan fingerprint density at radius 2 is 1.11 bits per heavy atom. The van der Waals surface area contributed by atoms with E-state index in [2.05, 4.69) is 49.8 Å². The maximum absolute atomic E-state index is 2.57. The molecule has 1 rings (SSSR count). The molecule has 0 amide bonds. The summed E-state index contributed by atoms with van der Waals surface area (Å²) in [6.45, 7) is 6.95. The van der Waals surface area contributed by atoms with Crippen LogP contribution in [0, 0.1) is 0 Å². The van der Waals surface area contributed by atoms with E-state index in [4.69, 9.17) is 0 Å². The summed E-state index contributed by atoms with van der Waals surface area (Å²) in [5.41, 5.74) is 0. The van der Waals surface area contributed by atoms with Gasteiger partial charge >= 0.3 is 0 Å². The maximum atomic E-state index is 2.57. The molecule has 0 saturated carbocycles. The fourth-order valence-corrected chi connectivity index (χ4v) is 3.35. The van der Waals surface area contributed by atoms with Gasteiger partial charge in [0.2, 0.25) is 0 Å². The van der Waals surface area contributed by atoms with E-state index in [1.54, 1.807) is 0 Å². The maximum Gasteiger partial charge on any atom is 0.0919 e. The molecule has 0 aliphatic heterocycles. The lowest BCUT2D eigenvalue weighted by Gasteiger charge is -2.43. The normalized spacial score (nSPS) is 11.9. The minimum atomic E-state index is -0.353. The van der Waals surface area contributed by atoms with E-state index in [-0.39, 0.29) is 6.28 Å². The van der Waals surface area contributed by atoms with Crippen LogP contribution in [-0.4, -0.2) is 10.8 Å².